The molecule has 3 rings (SSSR count). The highest BCUT2D eigenvalue weighted by atomic mass is 16.2. The molecule has 0 spiro atoms. The summed E-state index contributed by atoms with van der Waals surface area (Å²) in [5, 5.41) is 0. The topological polar surface area (TPSA) is 77.0 Å². The Labute approximate surface area is 140 Å². The summed E-state index contributed by atoms with van der Waals surface area (Å²) in [6.07, 6.45) is 5.33. The summed E-state index contributed by atoms with van der Waals surface area (Å²) >= 11 is 0. The zero-order chi connectivity index (χ0) is 17.1. The van der Waals surface area contributed by atoms with Crippen molar-refractivity contribution >= 4 is 11.7 Å². The first-order valence-corrected chi connectivity index (χ1v) is 7.58. The van der Waals surface area contributed by atoms with Crippen LogP contribution in [0.2, 0.25) is 0 Å². The Balaban J connectivity index is 1.89. The van der Waals surface area contributed by atoms with Crippen LogP contribution in [-0.2, 0) is 6.54 Å². The van der Waals surface area contributed by atoms with Crippen LogP contribution in [0, 0.1) is 0 Å². The third kappa shape index (κ3) is 3.27. The van der Waals surface area contributed by atoms with Crippen molar-refractivity contribution in [2.75, 3.05) is 19.8 Å². The quantitative estimate of drug-likeness (QED) is 0.800. The Bertz CT molecular complexity index is 869. The van der Waals surface area contributed by atoms with Gasteiger partial charge in [-0.05, 0) is 29.8 Å². The first-order chi connectivity index (χ1) is 11.5. The van der Waals surface area contributed by atoms with Gasteiger partial charge >= 0.3 is 0 Å². The second kappa shape index (κ2) is 6.54. The molecule has 0 aliphatic carbocycles. The number of benzene rings is 1. The number of anilines is 1. The number of hydrogen-bond donors (Lipinski definition) is 1. The second-order valence-electron chi connectivity index (χ2n) is 5.75. The van der Waals surface area contributed by atoms with Gasteiger partial charge in [-0.25, -0.2) is 9.97 Å². The average molecular weight is 321 g/mol. The van der Waals surface area contributed by atoms with Crippen molar-refractivity contribution in [1.29, 1.82) is 0 Å². The Hall–Kier alpha value is -3.15. The minimum Gasteiger partial charge on any atom is -0.384 e. The predicted octanol–water partition coefficient (Wildman–Crippen LogP) is 2.28. The predicted molar refractivity (Wildman–Crippen MR) is 93.4 cm³/mol. The molecule has 6 nitrogen and oxygen atoms in total. The first kappa shape index (κ1) is 15.7. The maximum absolute atomic E-state index is 12.1. The van der Waals surface area contributed by atoms with Gasteiger partial charge in [-0.15, -0.1) is 0 Å². The number of amides is 1. The van der Waals surface area contributed by atoms with Crippen LogP contribution in [-0.4, -0.2) is 39.4 Å². The van der Waals surface area contributed by atoms with Gasteiger partial charge in [-0.3, -0.25) is 4.79 Å². The summed E-state index contributed by atoms with van der Waals surface area (Å²) in [7, 11) is 3.49. The number of aromatic nitrogens is 3. The zero-order valence-electron chi connectivity index (χ0n) is 13.7. The number of imidazole rings is 1. The summed E-state index contributed by atoms with van der Waals surface area (Å²) in [6.45, 7) is 0.617. The average Bonchev–Trinajstić information content (AvgIpc) is 3.02. The van der Waals surface area contributed by atoms with E-state index in [4.69, 9.17) is 5.73 Å². The largest absolute Gasteiger partial charge is 0.384 e. The standard InChI is InChI=1S/C18H19N5O/c1-22(2)18(24)15-5-3-4-13(10-15)12-23-9-8-21-17(23)14-6-7-20-16(19)11-14/h3-11H,12H2,1-2H3,(H2,19,20). The van der Waals surface area contributed by atoms with Crippen LogP contribution in [0.5, 0.6) is 0 Å². The molecule has 0 aliphatic heterocycles. The molecule has 2 N–H and O–H groups in total. The van der Waals surface area contributed by atoms with E-state index < -0.39 is 0 Å². The summed E-state index contributed by atoms with van der Waals surface area (Å²) < 4.78 is 2.02. The number of nitrogen functional groups attached to an aromatic ring is 1. The molecule has 24 heavy (non-hydrogen) atoms. The van der Waals surface area contributed by atoms with Crippen LogP contribution >= 0.6 is 0 Å². The summed E-state index contributed by atoms with van der Waals surface area (Å²) in [6, 6.07) is 11.3. The number of rotatable bonds is 4. The highest BCUT2D eigenvalue weighted by Crippen LogP contribution is 2.20. The normalized spacial score (nSPS) is 10.6. The van der Waals surface area contributed by atoms with E-state index in [1.165, 1.54) is 0 Å². The Kier molecular flexibility index (Phi) is 4.29. The molecule has 0 radical (unpaired) electrons. The van der Waals surface area contributed by atoms with Gasteiger partial charge in [0, 0.05) is 50.4 Å². The lowest BCUT2D eigenvalue weighted by Gasteiger charge is -2.12. The smallest absolute Gasteiger partial charge is 0.253 e. The minimum absolute atomic E-state index is 0.00962. The maximum Gasteiger partial charge on any atom is 0.253 e. The lowest BCUT2D eigenvalue weighted by molar-refractivity contribution is 0.0827. The van der Waals surface area contributed by atoms with Gasteiger partial charge in [0.25, 0.3) is 5.91 Å². The Morgan fingerprint density at radius 3 is 2.75 bits per heavy atom. The maximum atomic E-state index is 12.1. The van der Waals surface area contributed by atoms with Crippen LogP contribution in [0.4, 0.5) is 5.82 Å². The molecular weight excluding hydrogens is 302 g/mol. The van der Waals surface area contributed by atoms with E-state index in [9.17, 15) is 4.79 Å². The van der Waals surface area contributed by atoms with Crippen molar-refractivity contribution in [2.24, 2.45) is 0 Å². The van der Waals surface area contributed by atoms with Gasteiger partial charge in [0.2, 0.25) is 0 Å². The van der Waals surface area contributed by atoms with Gasteiger partial charge < -0.3 is 15.2 Å². The van der Waals surface area contributed by atoms with Crippen molar-refractivity contribution in [3.05, 3.63) is 66.1 Å². The van der Waals surface area contributed by atoms with Crippen LogP contribution in [0.1, 0.15) is 15.9 Å². The van der Waals surface area contributed by atoms with Crippen molar-refractivity contribution in [3.8, 4) is 11.4 Å². The molecule has 0 fully saturated rings. The summed E-state index contributed by atoms with van der Waals surface area (Å²) in [5.41, 5.74) is 8.37. The van der Waals surface area contributed by atoms with Gasteiger partial charge in [-0.2, -0.15) is 0 Å². The van der Waals surface area contributed by atoms with E-state index in [1.807, 2.05) is 41.1 Å². The van der Waals surface area contributed by atoms with Gasteiger partial charge in [0.1, 0.15) is 11.6 Å². The van der Waals surface area contributed by atoms with Gasteiger partial charge in [0.15, 0.2) is 0 Å². The molecule has 3 aromatic rings. The first-order valence-electron chi connectivity index (χ1n) is 7.58. The number of hydrogen-bond acceptors (Lipinski definition) is 4. The molecule has 0 saturated carbocycles. The third-order valence-electron chi connectivity index (χ3n) is 3.69. The van der Waals surface area contributed by atoms with Crippen molar-refractivity contribution < 1.29 is 4.79 Å². The van der Waals surface area contributed by atoms with E-state index in [-0.39, 0.29) is 5.91 Å². The molecule has 1 amide bonds. The minimum atomic E-state index is -0.00962. The fourth-order valence-electron chi connectivity index (χ4n) is 2.54. The second-order valence-corrected chi connectivity index (χ2v) is 5.75. The van der Waals surface area contributed by atoms with E-state index >= 15 is 0 Å². The molecule has 0 atom stereocenters. The highest BCUT2D eigenvalue weighted by Gasteiger charge is 2.10. The number of nitrogens with two attached hydrogens (primary N) is 1. The fraction of sp³-hybridized carbons (Fsp3) is 0.167. The molecule has 2 aromatic heterocycles. The molecule has 0 unspecified atom stereocenters. The van der Waals surface area contributed by atoms with Crippen LogP contribution in [0.3, 0.4) is 0 Å². The molecular formula is C18H19N5O. The number of pyridine rings is 1. The van der Waals surface area contributed by atoms with Crippen LogP contribution in [0.25, 0.3) is 11.4 Å². The zero-order valence-corrected chi connectivity index (χ0v) is 13.7. The molecule has 0 aliphatic rings. The van der Waals surface area contributed by atoms with E-state index in [0.29, 0.717) is 17.9 Å². The van der Waals surface area contributed by atoms with Crippen molar-refractivity contribution in [1.82, 2.24) is 19.4 Å². The van der Waals surface area contributed by atoms with E-state index in [0.717, 1.165) is 17.0 Å². The van der Waals surface area contributed by atoms with Gasteiger partial charge in [-0.1, -0.05) is 12.1 Å². The Morgan fingerprint density at radius 2 is 2.00 bits per heavy atom. The molecule has 2 heterocycles. The third-order valence-corrected chi connectivity index (χ3v) is 3.69. The number of nitrogens with zero attached hydrogens (tertiary/aromatic N) is 4. The number of carbonyl (C=O) groups excluding carboxylic acids is 1. The van der Waals surface area contributed by atoms with Gasteiger partial charge in [0.05, 0.1) is 0 Å². The van der Waals surface area contributed by atoms with Crippen LogP contribution < -0.4 is 5.73 Å². The highest BCUT2D eigenvalue weighted by molar-refractivity contribution is 5.94. The number of carbonyl (C=O) groups is 1. The van der Waals surface area contributed by atoms with Crippen molar-refractivity contribution in [3.63, 3.8) is 0 Å². The summed E-state index contributed by atoms with van der Waals surface area (Å²) in [4.78, 5) is 22.1. The lowest BCUT2D eigenvalue weighted by Crippen LogP contribution is -2.21. The summed E-state index contributed by atoms with van der Waals surface area (Å²) in [5.74, 6) is 1.26. The Morgan fingerprint density at radius 1 is 1.17 bits per heavy atom. The SMILES string of the molecule is CN(C)C(=O)c1cccc(Cn2ccnc2-c2ccnc(N)c2)c1. The molecule has 6 heteroatoms. The molecule has 0 bridgehead atoms. The van der Waals surface area contributed by atoms with Crippen molar-refractivity contribution in [2.45, 2.75) is 6.54 Å². The molecule has 0 saturated heterocycles. The lowest BCUT2D eigenvalue weighted by atomic mass is 10.1. The van der Waals surface area contributed by atoms with E-state index in [1.54, 1.807) is 37.5 Å². The van der Waals surface area contributed by atoms with Crippen LogP contribution in [0.15, 0.2) is 55.0 Å². The fourth-order valence-corrected chi connectivity index (χ4v) is 2.54. The van der Waals surface area contributed by atoms with E-state index in [2.05, 4.69) is 9.97 Å². The molecule has 122 valence electrons. The molecule has 1 aromatic carbocycles. The monoisotopic (exact) mass is 321 g/mol.